The van der Waals surface area contributed by atoms with Crippen molar-refractivity contribution in [3.05, 3.63) is 78.4 Å². The van der Waals surface area contributed by atoms with Gasteiger partial charge in [0.1, 0.15) is 5.01 Å². The van der Waals surface area contributed by atoms with Crippen molar-refractivity contribution in [2.45, 2.75) is 24.7 Å². The first-order chi connectivity index (χ1) is 16.9. The number of fused-ring (bicyclic) bond motifs is 1. The zero-order valence-electron chi connectivity index (χ0n) is 19.5. The molecule has 35 heavy (non-hydrogen) atoms. The quantitative estimate of drug-likeness (QED) is 0.327. The van der Waals surface area contributed by atoms with Gasteiger partial charge in [-0.05, 0) is 55.2 Å². The number of rotatable bonds is 7. The van der Waals surface area contributed by atoms with Gasteiger partial charge in [-0.25, -0.2) is 13.4 Å². The molecule has 8 heteroatoms. The van der Waals surface area contributed by atoms with Crippen molar-refractivity contribution in [2.75, 3.05) is 25.0 Å². The third kappa shape index (κ3) is 5.00. The molecule has 1 aliphatic rings. The highest BCUT2D eigenvalue weighted by Crippen LogP contribution is 2.34. The number of benzene rings is 3. The Hall–Kier alpha value is -3.07. The van der Waals surface area contributed by atoms with Crippen molar-refractivity contribution in [3.8, 4) is 10.6 Å². The lowest BCUT2D eigenvalue weighted by molar-refractivity contribution is 0.101. The van der Waals surface area contributed by atoms with Crippen LogP contribution in [-0.2, 0) is 10.0 Å². The van der Waals surface area contributed by atoms with Crippen molar-refractivity contribution in [2.24, 2.45) is 5.92 Å². The molecular weight excluding hydrogens is 478 g/mol. The van der Waals surface area contributed by atoms with E-state index in [2.05, 4.69) is 12.2 Å². The lowest BCUT2D eigenvalue weighted by Crippen LogP contribution is -2.39. The minimum atomic E-state index is -3.62. The number of para-hydroxylation sites is 2. The van der Waals surface area contributed by atoms with Crippen molar-refractivity contribution in [3.63, 3.8) is 0 Å². The lowest BCUT2D eigenvalue weighted by Gasteiger charge is -2.30. The molecule has 0 bridgehead atoms. The van der Waals surface area contributed by atoms with Crippen LogP contribution in [0.2, 0.25) is 0 Å². The fourth-order valence-electron chi connectivity index (χ4n) is 4.43. The van der Waals surface area contributed by atoms with Crippen molar-refractivity contribution >= 4 is 43.0 Å². The summed E-state index contributed by atoms with van der Waals surface area (Å²) in [6.45, 7) is 3.16. The molecule has 0 spiro atoms. The number of aromatic nitrogens is 1. The fourth-order valence-corrected chi connectivity index (χ4v) is 7.08. The average Bonchev–Trinajstić information content (AvgIpc) is 3.32. The first-order valence-electron chi connectivity index (χ1n) is 11.7. The summed E-state index contributed by atoms with van der Waals surface area (Å²) in [5, 5.41) is 4.12. The van der Waals surface area contributed by atoms with Crippen molar-refractivity contribution in [1.29, 1.82) is 0 Å². The smallest absolute Gasteiger partial charge is 0.243 e. The van der Waals surface area contributed by atoms with E-state index in [9.17, 15) is 13.2 Å². The van der Waals surface area contributed by atoms with Crippen LogP contribution in [-0.4, -0.2) is 43.1 Å². The molecule has 4 aromatic rings. The third-order valence-electron chi connectivity index (χ3n) is 6.30. The number of ketones is 1. The highest BCUT2D eigenvalue weighted by atomic mass is 32.2. The topological polar surface area (TPSA) is 79.4 Å². The Morgan fingerprint density at radius 1 is 1.09 bits per heavy atom. The van der Waals surface area contributed by atoms with Gasteiger partial charge in [-0.15, -0.1) is 11.3 Å². The van der Waals surface area contributed by atoms with E-state index >= 15 is 0 Å². The standard InChI is InChI=1S/C27H27N3O3S2/c1-19-8-7-15-30(18-19)35(32,33)21-10-6-9-20(16-21)25(31)17-28-23-12-3-2-11-22(23)27-29-24-13-4-5-14-26(24)34-27/h2-6,9-14,16,19,28H,7-8,15,17-18H2,1H3. The number of thiazole rings is 1. The van der Waals surface area contributed by atoms with Crippen LogP contribution in [0.1, 0.15) is 30.1 Å². The van der Waals surface area contributed by atoms with Crippen LogP contribution in [0, 0.1) is 5.92 Å². The molecule has 180 valence electrons. The van der Waals surface area contributed by atoms with Crippen molar-refractivity contribution in [1.82, 2.24) is 9.29 Å². The fraction of sp³-hybridized carbons (Fsp3) is 0.259. The molecule has 1 saturated heterocycles. The summed E-state index contributed by atoms with van der Waals surface area (Å²) in [5.74, 6) is 0.163. The van der Waals surface area contributed by atoms with Gasteiger partial charge in [0, 0.05) is 29.9 Å². The van der Waals surface area contributed by atoms with Gasteiger partial charge in [0.2, 0.25) is 10.0 Å². The lowest BCUT2D eigenvalue weighted by atomic mass is 10.0. The van der Waals surface area contributed by atoms with E-state index in [1.54, 1.807) is 29.5 Å². The van der Waals surface area contributed by atoms with Crippen LogP contribution in [0.25, 0.3) is 20.8 Å². The van der Waals surface area contributed by atoms with Gasteiger partial charge in [-0.2, -0.15) is 4.31 Å². The largest absolute Gasteiger partial charge is 0.377 e. The van der Waals surface area contributed by atoms with Crippen LogP contribution in [0.3, 0.4) is 0 Å². The summed E-state index contributed by atoms with van der Waals surface area (Å²) in [5.41, 5.74) is 3.06. The van der Waals surface area contributed by atoms with Gasteiger partial charge < -0.3 is 5.32 Å². The minimum Gasteiger partial charge on any atom is -0.377 e. The summed E-state index contributed by atoms with van der Waals surface area (Å²) in [6, 6.07) is 22.1. The van der Waals surface area contributed by atoms with Gasteiger partial charge in [0.05, 0.1) is 21.7 Å². The molecule has 1 aliphatic heterocycles. The number of hydrogen-bond acceptors (Lipinski definition) is 6. The summed E-state index contributed by atoms with van der Waals surface area (Å²) in [7, 11) is -3.62. The van der Waals surface area contributed by atoms with Gasteiger partial charge in [-0.1, -0.05) is 43.3 Å². The molecule has 2 heterocycles. The maximum Gasteiger partial charge on any atom is 0.243 e. The molecule has 5 rings (SSSR count). The first kappa shape index (κ1) is 23.7. The molecule has 6 nitrogen and oxygen atoms in total. The number of carbonyl (C=O) groups excluding carboxylic acids is 1. The van der Waals surface area contributed by atoms with Gasteiger partial charge >= 0.3 is 0 Å². The minimum absolute atomic E-state index is 0.0478. The first-order valence-corrected chi connectivity index (χ1v) is 14.0. The Labute approximate surface area is 209 Å². The SMILES string of the molecule is CC1CCCN(S(=O)(=O)c2cccc(C(=O)CNc3ccccc3-c3nc4ccccc4s3)c2)C1. The summed E-state index contributed by atoms with van der Waals surface area (Å²) in [4.78, 5) is 17.9. The number of Topliss-reactive ketones (excluding diaryl/α,β-unsaturated/α-hetero) is 1. The molecule has 0 amide bonds. The molecule has 1 N–H and O–H groups in total. The van der Waals surface area contributed by atoms with Gasteiger partial charge in [-0.3, -0.25) is 4.79 Å². The Bertz CT molecular complexity index is 1450. The number of carbonyl (C=O) groups is 1. The average molecular weight is 506 g/mol. The molecule has 1 aromatic heterocycles. The highest BCUT2D eigenvalue weighted by Gasteiger charge is 2.29. The molecule has 0 radical (unpaired) electrons. The van der Waals surface area contributed by atoms with E-state index in [1.165, 1.54) is 10.4 Å². The van der Waals surface area contributed by atoms with E-state index in [-0.39, 0.29) is 17.2 Å². The molecular formula is C27H27N3O3S2. The molecule has 1 fully saturated rings. The molecule has 1 atom stereocenters. The maximum atomic E-state index is 13.2. The predicted octanol–water partition coefficient (Wildman–Crippen LogP) is 5.68. The number of hydrogen-bond donors (Lipinski definition) is 1. The van der Waals surface area contributed by atoms with Gasteiger partial charge in [0.25, 0.3) is 0 Å². The van der Waals surface area contributed by atoms with E-state index in [4.69, 9.17) is 4.98 Å². The second-order valence-electron chi connectivity index (χ2n) is 8.95. The van der Waals surface area contributed by atoms with E-state index < -0.39 is 10.0 Å². The Morgan fingerprint density at radius 2 is 1.89 bits per heavy atom. The monoisotopic (exact) mass is 505 g/mol. The molecule has 0 aliphatic carbocycles. The second-order valence-corrected chi connectivity index (χ2v) is 11.9. The molecule has 0 saturated carbocycles. The van der Waals surface area contributed by atoms with Crippen molar-refractivity contribution < 1.29 is 13.2 Å². The number of nitrogens with one attached hydrogen (secondary N) is 1. The molecule has 1 unspecified atom stereocenters. The number of sulfonamides is 1. The van der Waals surface area contributed by atoms with E-state index in [0.717, 1.165) is 39.3 Å². The third-order valence-corrected chi connectivity index (χ3v) is 9.24. The number of piperidine rings is 1. The summed E-state index contributed by atoms with van der Waals surface area (Å²) < 4.78 is 29.0. The second kappa shape index (κ2) is 9.89. The number of nitrogens with zero attached hydrogens (tertiary/aromatic N) is 2. The summed E-state index contributed by atoms with van der Waals surface area (Å²) in [6.07, 6.45) is 1.89. The van der Waals surface area contributed by atoms with Crippen LogP contribution in [0.4, 0.5) is 5.69 Å². The van der Waals surface area contributed by atoms with Crippen LogP contribution in [0.5, 0.6) is 0 Å². The van der Waals surface area contributed by atoms with Crippen LogP contribution in [0.15, 0.2) is 77.7 Å². The molecule has 3 aromatic carbocycles. The Morgan fingerprint density at radius 3 is 2.71 bits per heavy atom. The Kier molecular flexibility index (Phi) is 6.69. The van der Waals surface area contributed by atoms with Gasteiger partial charge in [0.15, 0.2) is 5.78 Å². The van der Waals surface area contributed by atoms with Crippen LogP contribution < -0.4 is 5.32 Å². The zero-order valence-corrected chi connectivity index (χ0v) is 21.1. The van der Waals surface area contributed by atoms with E-state index in [1.807, 2.05) is 48.5 Å². The van der Waals surface area contributed by atoms with Crippen LogP contribution >= 0.6 is 11.3 Å². The Balaban J connectivity index is 1.34. The number of anilines is 1. The predicted molar refractivity (Wildman–Crippen MR) is 141 cm³/mol. The maximum absolute atomic E-state index is 13.2. The van der Waals surface area contributed by atoms with E-state index in [0.29, 0.717) is 24.6 Å². The highest BCUT2D eigenvalue weighted by molar-refractivity contribution is 7.89. The summed E-state index contributed by atoms with van der Waals surface area (Å²) >= 11 is 1.61. The normalized spacial score (nSPS) is 16.9. The zero-order chi connectivity index (χ0) is 24.4.